The standard InChI is InChI=1S/C13H11FN4OS/c1-18-7-6-15-13(18)20-8-11-16-12(19-17-11)9-2-4-10(14)5-3-9/h2-7H,8H2,1H3. The molecule has 0 saturated carbocycles. The Balaban J connectivity index is 1.71. The van der Waals surface area contributed by atoms with Gasteiger partial charge in [0.25, 0.3) is 5.89 Å². The van der Waals surface area contributed by atoms with E-state index in [-0.39, 0.29) is 5.82 Å². The third-order valence-corrected chi connectivity index (χ3v) is 3.72. The van der Waals surface area contributed by atoms with Crippen LogP contribution in [0.5, 0.6) is 0 Å². The van der Waals surface area contributed by atoms with Crippen LogP contribution in [0.3, 0.4) is 0 Å². The van der Waals surface area contributed by atoms with Crippen LogP contribution < -0.4 is 0 Å². The molecule has 0 saturated heterocycles. The molecule has 102 valence electrons. The SMILES string of the molecule is Cn1ccnc1SCc1noc(-c2ccc(F)cc2)n1. The topological polar surface area (TPSA) is 56.7 Å². The molecule has 0 aliphatic rings. The van der Waals surface area contributed by atoms with Crippen molar-refractivity contribution < 1.29 is 8.91 Å². The normalized spacial score (nSPS) is 10.9. The van der Waals surface area contributed by atoms with E-state index in [1.54, 1.807) is 18.3 Å². The third-order valence-electron chi connectivity index (χ3n) is 2.67. The lowest BCUT2D eigenvalue weighted by Crippen LogP contribution is -1.91. The minimum atomic E-state index is -0.293. The van der Waals surface area contributed by atoms with Crippen LogP contribution in [-0.2, 0) is 12.8 Å². The van der Waals surface area contributed by atoms with Gasteiger partial charge in [0.05, 0.1) is 5.75 Å². The summed E-state index contributed by atoms with van der Waals surface area (Å²) in [6, 6.07) is 5.95. The Morgan fingerprint density at radius 3 is 2.80 bits per heavy atom. The average Bonchev–Trinajstić information content (AvgIpc) is 3.06. The van der Waals surface area contributed by atoms with Crippen molar-refractivity contribution in [3.05, 3.63) is 48.3 Å². The quantitative estimate of drug-likeness (QED) is 0.691. The van der Waals surface area contributed by atoms with Gasteiger partial charge in [-0.05, 0) is 24.3 Å². The second kappa shape index (κ2) is 5.46. The van der Waals surface area contributed by atoms with Crippen LogP contribution >= 0.6 is 11.8 Å². The molecule has 2 heterocycles. The summed E-state index contributed by atoms with van der Waals surface area (Å²) in [5.74, 6) is 1.24. The second-order valence-electron chi connectivity index (χ2n) is 4.13. The summed E-state index contributed by atoms with van der Waals surface area (Å²) in [5, 5.41) is 4.79. The number of thioether (sulfide) groups is 1. The van der Waals surface area contributed by atoms with Crippen molar-refractivity contribution in [2.24, 2.45) is 7.05 Å². The van der Waals surface area contributed by atoms with Gasteiger partial charge in [-0.1, -0.05) is 16.9 Å². The molecular weight excluding hydrogens is 279 g/mol. The van der Waals surface area contributed by atoms with Crippen molar-refractivity contribution in [3.8, 4) is 11.5 Å². The van der Waals surface area contributed by atoms with Gasteiger partial charge < -0.3 is 9.09 Å². The molecule has 0 aliphatic carbocycles. The molecule has 0 aliphatic heterocycles. The highest BCUT2D eigenvalue weighted by molar-refractivity contribution is 7.98. The molecule has 3 rings (SSSR count). The molecule has 0 atom stereocenters. The van der Waals surface area contributed by atoms with E-state index >= 15 is 0 Å². The summed E-state index contributed by atoms with van der Waals surface area (Å²) in [7, 11) is 1.93. The summed E-state index contributed by atoms with van der Waals surface area (Å²) in [5.41, 5.74) is 0.701. The Labute approximate surface area is 118 Å². The van der Waals surface area contributed by atoms with E-state index in [4.69, 9.17) is 4.52 Å². The predicted octanol–water partition coefficient (Wildman–Crippen LogP) is 2.90. The van der Waals surface area contributed by atoms with Crippen LogP contribution in [0.25, 0.3) is 11.5 Å². The summed E-state index contributed by atoms with van der Waals surface area (Å²) in [4.78, 5) is 8.48. The third kappa shape index (κ3) is 2.72. The Morgan fingerprint density at radius 2 is 2.10 bits per heavy atom. The molecule has 0 unspecified atom stereocenters. The van der Waals surface area contributed by atoms with Crippen LogP contribution in [0.2, 0.25) is 0 Å². The van der Waals surface area contributed by atoms with E-state index < -0.39 is 0 Å². The number of benzene rings is 1. The molecular formula is C13H11FN4OS. The molecule has 0 fully saturated rings. The van der Waals surface area contributed by atoms with Crippen molar-refractivity contribution in [2.45, 2.75) is 10.9 Å². The zero-order valence-corrected chi connectivity index (χ0v) is 11.5. The zero-order valence-electron chi connectivity index (χ0n) is 10.7. The number of aromatic nitrogens is 4. The smallest absolute Gasteiger partial charge is 0.257 e. The van der Waals surface area contributed by atoms with Crippen molar-refractivity contribution in [1.29, 1.82) is 0 Å². The highest BCUT2D eigenvalue weighted by Crippen LogP contribution is 2.22. The van der Waals surface area contributed by atoms with Crippen molar-refractivity contribution in [1.82, 2.24) is 19.7 Å². The van der Waals surface area contributed by atoms with Gasteiger partial charge >= 0.3 is 0 Å². The fourth-order valence-electron chi connectivity index (χ4n) is 1.64. The van der Waals surface area contributed by atoms with Crippen LogP contribution in [0.4, 0.5) is 4.39 Å². The maximum absolute atomic E-state index is 12.8. The Hall–Kier alpha value is -2.15. The van der Waals surface area contributed by atoms with Gasteiger partial charge in [0.2, 0.25) is 0 Å². The largest absolute Gasteiger partial charge is 0.334 e. The summed E-state index contributed by atoms with van der Waals surface area (Å²) >= 11 is 1.52. The first-order valence-electron chi connectivity index (χ1n) is 5.91. The Morgan fingerprint density at radius 1 is 1.30 bits per heavy atom. The van der Waals surface area contributed by atoms with Gasteiger partial charge in [0, 0.05) is 25.0 Å². The molecule has 3 aromatic rings. The van der Waals surface area contributed by atoms with Crippen LogP contribution in [0.15, 0.2) is 46.3 Å². The first kappa shape index (κ1) is 12.9. The molecule has 0 spiro atoms. The van der Waals surface area contributed by atoms with Crippen LogP contribution in [0, 0.1) is 5.82 Å². The van der Waals surface area contributed by atoms with E-state index in [0.717, 1.165) is 5.16 Å². The average molecular weight is 290 g/mol. The first-order chi connectivity index (χ1) is 9.72. The van der Waals surface area contributed by atoms with Gasteiger partial charge in [-0.25, -0.2) is 9.37 Å². The summed E-state index contributed by atoms with van der Waals surface area (Å²) in [6.07, 6.45) is 3.62. The molecule has 0 N–H and O–H groups in total. The van der Waals surface area contributed by atoms with Crippen LogP contribution in [0.1, 0.15) is 5.82 Å². The van der Waals surface area contributed by atoms with E-state index in [1.165, 1.54) is 23.9 Å². The van der Waals surface area contributed by atoms with Crippen LogP contribution in [-0.4, -0.2) is 19.7 Å². The number of imidazole rings is 1. The van der Waals surface area contributed by atoms with E-state index in [2.05, 4.69) is 15.1 Å². The molecule has 0 bridgehead atoms. The second-order valence-corrected chi connectivity index (χ2v) is 5.07. The van der Waals surface area contributed by atoms with Crippen molar-refractivity contribution >= 4 is 11.8 Å². The van der Waals surface area contributed by atoms with E-state index in [9.17, 15) is 4.39 Å². The molecule has 0 radical (unpaired) electrons. The van der Waals surface area contributed by atoms with Gasteiger partial charge in [-0.2, -0.15) is 4.98 Å². The highest BCUT2D eigenvalue weighted by atomic mass is 32.2. The summed E-state index contributed by atoms with van der Waals surface area (Å²) in [6.45, 7) is 0. The van der Waals surface area contributed by atoms with Gasteiger partial charge in [0.15, 0.2) is 11.0 Å². The number of hydrogen-bond acceptors (Lipinski definition) is 5. The lowest BCUT2D eigenvalue weighted by Gasteiger charge is -1.97. The molecule has 20 heavy (non-hydrogen) atoms. The van der Waals surface area contributed by atoms with Crippen molar-refractivity contribution in [2.75, 3.05) is 0 Å². The Kier molecular flexibility index (Phi) is 3.51. The van der Waals surface area contributed by atoms with Gasteiger partial charge in [-0.3, -0.25) is 0 Å². The maximum atomic E-state index is 12.8. The molecule has 7 heteroatoms. The molecule has 0 amide bonds. The molecule has 5 nitrogen and oxygen atoms in total. The number of nitrogens with zero attached hydrogens (tertiary/aromatic N) is 4. The fourth-order valence-corrected chi connectivity index (χ4v) is 2.42. The molecule has 2 aromatic heterocycles. The number of aryl methyl sites for hydroxylation is 1. The lowest BCUT2D eigenvalue weighted by atomic mass is 10.2. The number of rotatable bonds is 4. The minimum Gasteiger partial charge on any atom is -0.334 e. The zero-order chi connectivity index (χ0) is 13.9. The predicted molar refractivity (Wildman–Crippen MR) is 72.5 cm³/mol. The number of halogens is 1. The highest BCUT2D eigenvalue weighted by Gasteiger charge is 2.10. The van der Waals surface area contributed by atoms with E-state index in [0.29, 0.717) is 23.0 Å². The number of hydrogen-bond donors (Lipinski definition) is 0. The summed E-state index contributed by atoms with van der Waals surface area (Å²) < 4.78 is 19.9. The maximum Gasteiger partial charge on any atom is 0.257 e. The first-order valence-corrected chi connectivity index (χ1v) is 6.89. The lowest BCUT2D eigenvalue weighted by molar-refractivity contribution is 0.425. The van der Waals surface area contributed by atoms with Gasteiger partial charge in [-0.15, -0.1) is 0 Å². The molecule has 1 aromatic carbocycles. The van der Waals surface area contributed by atoms with E-state index in [1.807, 2.05) is 17.8 Å². The fraction of sp³-hybridized carbons (Fsp3) is 0.154. The Bertz CT molecular complexity index is 707. The van der Waals surface area contributed by atoms with Gasteiger partial charge in [0.1, 0.15) is 5.82 Å². The minimum absolute atomic E-state index is 0.293. The monoisotopic (exact) mass is 290 g/mol. The van der Waals surface area contributed by atoms with Crippen molar-refractivity contribution in [3.63, 3.8) is 0 Å².